The molecule has 0 saturated heterocycles. The van der Waals surface area contributed by atoms with Crippen LogP contribution < -0.4 is 5.32 Å². The molecule has 3 nitrogen and oxygen atoms in total. The van der Waals surface area contributed by atoms with Crippen molar-refractivity contribution in [1.82, 2.24) is 5.32 Å². The van der Waals surface area contributed by atoms with E-state index in [9.17, 15) is 18.0 Å². The van der Waals surface area contributed by atoms with Crippen LogP contribution in [0.3, 0.4) is 0 Å². The third kappa shape index (κ3) is 6.33. The highest BCUT2D eigenvalue weighted by Crippen LogP contribution is 2.37. The van der Waals surface area contributed by atoms with Gasteiger partial charge in [0.1, 0.15) is 5.76 Å². The van der Waals surface area contributed by atoms with Crippen LogP contribution in [0.15, 0.2) is 71.7 Å². The number of alkyl halides is 3. The highest BCUT2D eigenvalue weighted by molar-refractivity contribution is 6.31. The normalized spacial score (nSPS) is 12.0. The van der Waals surface area contributed by atoms with E-state index >= 15 is 0 Å². The van der Waals surface area contributed by atoms with Crippen LogP contribution in [-0.4, -0.2) is 12.5 Å². The zero-order valence-electron chi connectivity index (χ0n) is 18.3. The summed E-state index contributed by atoms with van der Waals surface area (Å²) < 4.78 is 45.7. The molecule has 1 amide bonds. The fourth-order valence-electron chi connectivity index (χ4n) is 3.45. The number of hydrogen-bond acceptors (Lipinski definition) is 2. The molecule has 8 heteroatoms. The van der Waals surface area contributed by atoms with Gasteiger partial charge in [-0.25, -0.2) is 0 Å². The molecule has 2 aromatic carbocycles. The van der Waals surface area contributed by atoms with Gasteiger partial charge in [0.2, 0.25) is 5.76 Å². The summed E-state index contributed by atoms with van der Waals surface area (Å²) in [5, 5.41) is 3.57. The number of furan rings is 1. The zero-order chi connectivity index (χ0) is 24.9. The number of aryl methyl sites for hydroxylation is 1. The number of carbonyl (C=O) groups is 1. The average molecular weight is 508 g/mol. The van der Waals surface area contributed by atoms with Gasteiger partial charge >= 0.3 is 6.18 Å². The van der Waals surface area contributed by atoms with E-state index in [1.807, 2.05) is 25.1 Å². The van der Waals surface area contributed by atoms with Crippen molar-refractivity contribution in [2.45, 2.75) is 25.9 Å². The molecule has 0 fully saturated rings. The zero-order valence-corrected chi connectivity index (χ0v) is 19.8. The summed E-state index contributed by atoms with van der Waals surface area (Å²) in [6, 6.07) is 12.7. The van der Waals surface area contributed by atoms with E-state index in [2.05, 4.69) is 11.9 Å². The van der Waals surface area contributed by atoms with Gasteiger partial charge in [0.25, 0.3) is 5.91 Å². The van der Waals surface area contributed by atoms with E-state index in [4.69, 9.17) is 27.6 Å². The number of amides is 1. The second-order valence-corrected chi connectivity index (χ2v) is 8.45. The SMILES string of the molecule is C=CC/C=C(/CCNC(=O)c1cc(-c2ccc(Cl)cc2)oc1C(F)(F)F)c1cc(Cl)ccc1C. The number of allylic oxidation sites excluding steroid dienone is 2. The summed E-state index contributed by atoms with van der Waals surface area (Å²) in [6.07, 6.45) is -0.152. The fourth-order valence-corrected chi connectivity index (χ4v) is 3.74. The van der Waals surface area contributed by atoms with Crippen LogP contribution in [0, 0.1) is 6.92 Å². The summed E-state index contributed by atoms with van der Waals surface area (Å²) in [4.78, 5) is 12.7. The molecule has 0 radical (unpaired) electrons. The second kappa shape index (κ2) is 11.0. The molecule has 0 unspecified atom stereocenters. The number of hydrogen-bond donors (Lipinski definition) is 1. The molecule has 0 aliphatic carbocycles. The highest BCUT2D eigenvalue weighted by Gasteiger charge is 2.40. The lowest BCUT2D eigenvalue weighted by atomic mass is 9.97. The van der Waals surface area contributed by atoms with E-state index < -0.39 is 23.4 Å². The molecule has 0 spiro atoms. The first kappa shape index (κ1) is 25.7. The summed E-state index contributed by atoms with van der Waals surface area (Å²) in [5.74, 6) is -2.29. The minimum atomic E-state index is -4.83. The Hall–Kier alpha value is -2.96. The number of benzene rings is 2. The van der Waals surface area contributed by atoms with Crippen LogP contribution >= 0.6 is 23.2 Å². The molecular formula is C26H22Cl2F3NO2. The molecule has 0 bridgehead atoms. The summed E-state index contributed by atoms with van der Waals surface area (Å²) in [5.41, 5.74) is 2.61. The summed E-state index contributed by atoms with van der Waals surface area (Å²) in [7, 11) is 0. The predicted octanol–water partition coefficient (Wildman–Crippen LogP) is 8.36. The number of halogens is 5. The van der Waals surface area contributed by atoms with Gasteiger partial charge in [-0.15, -0.1) is 6.58 Å². The molecule has 178 valence electrons. The van der Waals surface area contributed by atoms with Gasteiger partial charge in [-0.05, 0) is 78.9 Å². The van der Waals surface area contributed by atoms with Gasteiger partial charge in [-0.3, -0.25) is 4.79 Å². The molecule has 1 aromatic heterocycles. The molecular weight excluding hydrogens is 486 g/mol. The van der Waals surface area contributed by atoms with Crippen molar-refractivity contribution in [1.29, 1.82) is 0 Å². The Labute approximate surface area is 205 Å². The Balaban J connectivity index is 1.81. The molecule has 3 aromatic rings. The number of rotatable bonds is 8. The average Bonchev–Trinajstić information content (AvgIpc) is 3.24. The maximum atomic E-state index is 13.6. The molecule has 34 heavy (non-hydrogen) atoms. The smallest absolute Gasteiger partial charge is 0.450 e. The Bertz CT molecular complexity index is 1210. The van der Waals surface area contributed by atoms with Crippen LogP contribution in [0.25, 0.3) is 16.9 Å². The maximum absolute atomic E-state index is 13.6. The molecule has 1 N–H and O–H groups in total. The van der Waals surface area contributed by atoms with Gasteiger partial charge in [0.15, 0.2) is 0 Å². The lowest BCUT2D eigenvalue weighted by Gasteiger charge is -2.13. The van der Waals surface area contributed by atoms with Gasteiger partial charge < -0.3 is 9.73 Å². The molecule has 0 aliphatic rings. The Morgan fingerprint density at radius 1 is 1.06 bits per heavy atom. The first-order valence-electron chi connectivity index (χ1n) is 10.4. The van der Waals surface area contributed by atoms with Crippen LogP contribution in [-0.2, 0) is 6.18 Å². The highest BCUT2D eigenvalue weighted by atomic mass is 35.5. The maximum Gasteiger partial charge on any atom is 0.450 e. The second-order valence-electron chi connectivity index (χ2n) is 7.58. The molecule has 0 saturated carbocycles. The van der Waals surface area contributed by atoms with Crippen molar-refractivity contribution >= 4 is 34.7 Å². The van der Waals surface area contributed by atoms with Crippen LogP contribution in [0.5, 0.6) is 0 Å². The number of nitrogens with one attached hydrogen (secondary N) is 1. The molecule has 3 rings (SSSR count). The standard InChI is InChI=1S/C26H22Cl2F3NO2/c1-3-4-5-17(21-14-20(28)9-6-16(21)2)12-13-32-25(33)22-15-23(34-24(22)26(29,30)31)18-7-10-19(27)11-8-18/h3,5-11,14-15H,1,4,12-13H2,2H3,(H,32,33)/b17-5-. The van der Waals surface area contributed by atoms with Crippen LogP contribution in [0.1, 0.15) is 40.1 Å². The lowest BCUT2D eigenvalue weighted by molar-refractivity contribution is -0.153. The topological polar surface area (TPSA) is 42.2 Å². The van der Waals surface area contributed by atoms with Gasteiger partial charge in [0, 0.05) is 22.2 Å². The van der Waals surface area contributed by atoms with Crippen LogP contribution in [0.4, 0.5) is 13.2 Å². The largest absolute Gasteiger partial charge is 0.451 e. The Kier molecular flexibility index (Phi) is 8.28. The third-order valence-corrected chi connectivity index (χ3v) is 5.61. The molecule has 0 aliphatic heterocycles. The fraction of sp³-hybridized carbons (Fsp3) is 0.192. The minimum absolute atomic E-state index is 0.0738. The number of carbonyl (C=O) groups excluding carboxylic acids is 1. The third-order valence-electron chi connectivity index (χ3n) is 5.12. The van der Waals surface area contributed by atoms with Crippen molar-refractivity contribution in [3.05, 3.63) is 99.8 Å². The molecule has 1 heterocycles. The van der Waals surface area contributed by atoms with Crippen molar-refractivity contribution in [3.8, 4) is 11.3 Å². The van der Waals surface area contributed by atoms with Crippen molar-refractivity contribution in [2.24, 2.45) is 0 Å². The van der Waals surface area contributed by atoms with E-state index in [1.165, 1.54) is 24.3 Å². The lowest BCUT2D eigenvalue weighted by Crippen LogP contribution is -2.26. The Morgan fingerprint density at radius 2 is 1.74 bits per heavy atom. The van der Waals surface area contributed by atoms with E-state index in [1.54, 1.807) is 12.1 Å². The van der Waals surface area contributed by atoms with E-state index in [-0.39, 0.29) is 12.3 Å². The molecule has 0 atom stereocenters. The van der Waals surface area contributed by atoms with Crippen LogP contribution in [0.2, 0.25) is 10.0 Å². The van der Waals surface area contributed by atoms with E-state index in [0.717, 1.165) is 22.8 Å². The Morgan fingerprint density at radius 3 is 2.38 bits per heavy atom. The first-order valence-corrected chi connectivity index (χ1v) is 11.2. The quantitative estimate of drug-likeness (QED) is 0.311. The monoisotopic (exact) mass is 507 g/mol. The minimum Gasteiger partial charge on any atom is -0.451 e. The van der Waals surface area contributed by atoms with E-state index in [0.29, 0.717) is 28.5 Å². The predicted molar refractivity (Wildman–Crippen MR) is 130 cm³/mol. The van der Waals surface area contributed by atoms with Gasteiger partial charge in [0.05, 0.1) is 5.56 Å². The summed E-state index contributed by atoms with van der Waals surface area (Å²) in [6.45, 7) is 5.77. The van der Waals surface area contributed by atoms with Gasteiger partial charge in [-0.2, -0.15) is 13.2 Å². The summed E-state index contributed by atoms with van der Waals surface area (Å²) >= 11 is 12.0. The van der Waals surface area contributed by atoms with Crippen molar-refractivity contribution in [3.63, 3.8) is 0 Å². The van der Waals surface area contributed by atoms with Crippen molar-refractivity contribution < 1.29 is 22.4 Å². The first-order chi connectivity index (χ1) is 16.1. The van der Waals surface area contributed by atoms with Gasteiger partial charge in [-0.1, -0.05) is 41.4 Å². The van der Waals surface area contributed by atoms with Crippen molar-refractivity contribution in [2.75, 3.05) is 6.54 Å².